The van der Waals surface area contributed by atoms with E-state index in [9.17, 15) is 8.42 Å². The number of sulfonamides is 1. The van der Waals surface area contributed by atoms with Crippen LogP contribution in [0, 0.1) is 6.92 Å². The molecule has 0 saturated heterocycles. The van der Waals surface area contributed by atoms with E-state index in [1.807, 2.05) is 25.1 Å². The van der Waals surface area contributed by atoms with Crippen molar-refractivity contribution in [1.29, 1.82) is 0 Å². The second-order valence-corrected chi connectivity index (χ2v) is 6.86. The molecule has 6 heteroatoms. The van der Waals surface area contributed by atoms with E-state index in [0.29, 0.717) is 18.0 Å². The molecule has 0 fully saturated rings. The number of benzene rings is 2. The van der Waals surface area contributed by atoms with Crippen molar-refractivity contribution in [3.8, 4) is 11.5 Å². The fourth-order valence-corrected chi connectivity index (χ4v) is 4.02. The highest BCUT2D eigenvalue weighted by atomic mass is 32.2. The van der Waals surface area contributed by atoms with Gasteiger partial charge in [-0.05, 0) is 43.7 Å². The maximum absolute atomic E-state index is 13.1. The van der Waals surface area contributed by atoms with Crippen molar-refractivity contribution in [2.75, 3.05) is 25.1 Å². The Morgan fingerprint density at radius 3 is 2.35 bits per heavy atom. The molecular formula is C17H21NO4S. The van der Waals surface area contributed by atoms with Crippen molar-refractivity contribution in [3.05, 3.63) is 48.0 Å². The molecule has 0 atom stereocenters. The lowest BCUT2D eigenvalue weighted by Crippen LogP contribution is -2.31. The molecule has 0 aromatic heterocycles. The first-order chi connectivity index (χ1) is 10.9. The van der Waals surface area contributed by atoms with Crippen molar-refractivity contribution in [3.63, 3.8) is 0 Å². The molecule has 2 aromatic carbocycles. The molecule has 23 heavy (non-hydrogen) atoms. The summed E-state index contributed by atoms with van der Waals surface area (Å²) in [6, 6.07) is 12.1. The summed E-state index contributed by atoms with van der Waals surface area (Å²) in [5.41, 5.74) is 1.62. The Balaban J connectivity index is 2.59. The summed E-state index contributed by atoms with van der Waals surface area (Å²) in [5.74, 6) is 0.751. The van der Waals surface area contributed by atoms with Crippen LogP contribution in [0.1, 0.15) is 12.5 Å². The van der Waals surface area contributed by atoms with Crippen molar-refractivity contribution in [2.45, 2.75) is 18.7 Å². The molecule has 0 aliphatic carbocycles. The van der Waals surface area contributed by atoms with Gasteiger partial charge in [0.1, 0.15) is 16.4 Å². The van der Waals surface area contributed by atoms with E-state index < -0.39 is 10.0 Å². The third-order valence-electron chi connectivity index (χ3n) is 3.52. The number of ether oxygens (including phenoxy) is 2. The zero-order valence-electron chi connectivity index (χ0n) is 13.7. The number of hydrogen-bond donors (Lipinski definition) is 0. The van der Waals surface area contributed by atoms with Gasteiger partial charge in [-0.1, -0.05) is 12.1 Å². The van der Waals surface area contributed by atoms with E-state index in [-0.39, 0.29) is 10.6 Å². The number of rotatable bonds is 6. The Morgan fingerprint density at radius 2 is 1.78 bits per heavy atom. The fourth-order valence-electron chi connectivity index (χ4n) is 2.38. The van der Waals surface area contributed by atoms with Gasteiger partial charge in [-0.25, -0.2) is 8.42 Å². The highest BCUT2D eigenvalue weighted by Gasteiger charge is 2.27. The lowest BCUT2D eigenvalue weighted by Gasteiger charge is -2.24. The van der Waals surface area contributed by atoms with E-state index >= 15 is 0 Å². The van der Waals surface area contributed by atoms with Crippen LogP contribution in [0.5, 0.6) is 11.5 Å². The minimum atomic E-state index is -3.77. The van der Waals surface area contributed by atoms with E-state index in [0.717, 1.165) is 5.56 Å². The smallest absolute Gasteiger partial charge is 0.268 e. The number of aryl methyl sites for hydroxylation is 1. The van der Waals surface area contributed by atoms with Crippen molar-refractivity contribution < 1.29 is 17.9 Å². The second-order valence-electron chi connectivity index (χ2n) is 5.03. The molecule has 0 amide bonds. The molecule has 0 heterocycles. The van der Waals surface area contributed by atoms with E-state index in [2.05, 4.69) is 0 Å². The van der Waals surface area contributed by atoms with Crippen LogP contribution in [0.15, 0.2) is 47.4 Å². The Bertz CT molecular complexity index is 787. The van der Waals surface area contributed by atoms with Crippen molar-refractivity contribution in [1.82, 2.24) is 0 Å². The monoisotopic (exact) mass is 335 g/mol. The van der Waals surface area contributed by atoms with Gasteiger partial charge >= 0.3 is 0 Å². The topological polar surface area (TPSA) is 55.8 Å². The lowest BCUT2D eigenvalue weighted by atomic mass is 10.2. The third kappa shape index (κ3) is 3.42. The zero-order valence-corrected chi connectivity index (χ0v) is 14.6. The van der Waals surface area contributed by atoms with Gasteiger partial charge in [0.25, 0.3) is 10.0 Å². The number of anilines is 1. The predicted molar refractivity (Wildman–Crippen MR) is 90.9 cm³/mol. The van der Waals surface area contributed by atoms with E-state index in [1.165, 1.54) is 24.6 Å². The summed E-state index contributed by atoms with van der Waals surface area (Å²) in [7, 11) is -0.823. The SMILES string of the molecule is CCN(c1cccc(C)c1)S(=O)(=O)c1cc(OC)ccc1OC. The molecule has 0 aliphatic rings. The molecule has 0 radical (unpaired) electrons. The quantitative estimate of drug-likeness (QED) is 0.813. The van der Waals surface area contributed by atoms with Gasteiger partial charge in [0.2, 0.25) is 0 Å². The Hall–Kier alpha value is -2.21. The third-order valence-corrected chi connectivity index (χ3v) is 5.44. The molecule has 0 aliphatic heterocycles. The van der Waals surface area contributed by atoms with Gasteiger partial charge in [0.15, 0.2) is 0 Å². The number of hydrogen-bond acceptors (Lipinski definition) is 4. The first-order valence-electron chi connectivity index (χ1n) is 7.25. The minimum absolute atomic E-state index is 0.0858. The zero-order chi connectivity index (χ0) is 17.0. The summed E-state index contributed by atoms with van der Waals surface area (Å²) in [6.07, 6.45) is 0. The molecule has 0 saturated carbocycles. The average Bonchev–Trinajstić information content (AvgIpc) is 2.54. The molecular weight excluding hydrogens is 314 g/mol. The van der Waals surface area contributed by atoms with Crippen LogP contribution >= 0.6 is 0 Å². The largest absolute Gasteiger partial charge is 0.497 e. The summed E-state index contributed by atoms with van der Waals surface area (Å²) >= 11 is 0. The Labute approximate surface area is 137 Å². The Kier molecular flexibility index (Phi) is 5.15. The van der Waals surface area contributed by atoms with Crippen molar-refractivity contribution >= 4 is 15.7 Å². The number of methoxy groups -OCH3 is 2. The molecule has 124 valence electrons. The highest BCUT2D eigenvalue weighted by molar-refractivity contribution is 7.93. The normalized spacial score (nSPS) is 11.1. The van der Waals surface area contributed by atoms with E-state index in [4.69, 9.17) is 9.47 Å². The fraction of sp³-hybridized carbons (Fsp3) is 0.294. The lowest BCUT2D eigenvalue weighted by molar-refractivity contribution is 0.392. The first kappa shape index (κ1) is 17.1. The minimum Gasteiger partial charge on any atom is -0.497 e. The molecule has 0 spiro atoms. The van der Waals surface area contributed by atoms with Gasteiger partial charge < -0.3 is 9.47 Å². The van der Waals surface area contributed by atoms with Crippen LogP contribution in [0.2, 0.25) is 0 Å². The molecule has 0 bridgehead atoms. The van der Waals surface area contributed by atoms with Gasteiger partial charge in [-0.3, -0.25) is 4.31 Å². The first-order valence-corrected chi connectivity index (χ1v) is 8.69. The summed E-state index contributed by atoms with van der Waals surface area (Å²) in [5, 5.41) is 0. The van der Waals surface area contributed by atoms with Gasteiger partial charge in [-0.15, -0.1) is 0 Å². The summed E-state index contributed by atoms with van der Waals surface area (Å²) in [6.45, 7) is 4.04. The van der Waals surface area contributed by atoms with E-state index in [1.54, 1.807) is 25.1 Å². The molecule has 5 nitrogen and oxygen atoms in total. The Morgan fingerprint density at radius 1 is 1.04 bits per heavy atom. The molecule has 0 N–H and O–H groups in total. The van der Waals surface area contributed by atoms with Crippen LogP contribution in [0.3, 0.4) is 0 Å². The van der Waals surface area contributed by atoms with Crippen molar-refractivity contribution in [2.24, 2.45) is 0 Å². The maximum Gasteiger partial charge on any atom is 0.268 e. The molecule has 0 unspecified atom stereocenters. The standard InChI is InChI=1S/C17H21NO4S/c1-5-18(14-8-6-7-13(2)11-14)23(19,20)17-12-15(21-3)9-10-16(17)22-4/h6-12H,5H2,1-4H3. The average molecular weight is 335 g/mol. The molecule has 2 aromatic rings. The number of nitrogens with zero attached hydrogens (tertiary/aromatic N) is 1. The maximum atomic E-state index is 13.1. The second kappa shape index (κ2) is 6.91. The van der Waals surface area contributed by atoms with Gasteiger partial charge in [0.05, 0.1) is 19.9 Å². The van der Waals surface area contributed by atoms with Crippen LogP contribution < -0.4 is 13.8 Å². The summed E-state index contributed by atoms with van der Waals surface area (Å²) in [4.78, 5) is 0.0858. The van der Waals surface area contributed by atoms with Crippen LogP contribution in [0.25, 0.3) is 0 Å². The predicted octanol–water partition coefficient (Wildman–Crippen LogP) is 3.23. The van der Waals surface area contributed by atoms with Crippen LogP contribution in [-0.2, 0) is 10.0 Å². The van der Waals surface area contributed by atoms with Crippen LogP contribution in [-0.4, -0.2) is 29.2 Å². The van der Waals surface area contributed by atoms with Gasteiger partial charge in [-0.2, -0.15) is 0 Å². The van der Waals surface area contributed by atoms with Crippen LogP contribution in [0.4, 0.5) is 5.69 Å². The summed E-state index contributed by atoms with van der Waals surface area (Å²) < 4.78 is 38.0. The highest BCUT2D eigenvalue weighted by Crippen LogP contribution is 2.32. The van der Waals surface area contributed by atoms with Gasteiger partial charge in [0, 0.05) is 12.6 Å². The molecule has 2 rings (SSSR count).